The van der Waals surface area contributed by atoms with Crippen molar-refractivity contribution in [3.05, 3.63) is 72.3 Å². The summed E-state index contributed by atoms with van der Waals surface area (Å²) in [4.78, 5) is 15.3. The van der Waals surface area contributed by atoms with E-state index in [0.717, 1.165) is 11.4 Å². The van der Waals surface area contributed by atoms with E-state index in [1.54, 1.807) is 33.5 Å². The Morgan fingerprint density at radius 1 is 0.970 bits per heavy atom. The van der Waals surface area contributed by atoms with Crippen LogP contribution in [0.25, 0.3) is 0 Å². The Labute approximate surface area is 193 Å². The number of ether oxygens (including phenoxy) is 4. The van der Waals surface area contributed by atoms with Gasteiger partial charge in [0.1, 0.15) is 12.4 Å². The number of rotatable bonds is 8. The minimum absolute atomic E-state index is 0.123. The van der Waals surface area contributed by atoms with Crippen molar-refractivity contribution in [1.29, 1.82) is 0 Å². The molecule has 0 radical (unpaired) electrons. The van der Waals surface area contributed by atoms with Crippen LogP contribution in [-0.2, 0) is 11.3 Å². The summed E-state index contributed by atoms with van der Waals surface area (Å²) in [5.74, 6) is 2.13. The largest absolute Gasteiger partial charge is 0.493 e. The van der Waals surface area contributed by atoms with Gasteiger partial charge in [-0.25, -0.2) is 0 Å². The number of nitrogens with zero attached hydrogens (tertiary/aromatic N) is 1. The molecule has 172 valence electrons. The number of anilines is 2. The van der Waals surface area contributed by atoms with Crippen molar-refractivity contribution in [1.82, 2.24) is 0 Å². The second kappa shape index (κ2) is 10.2. The lowest BCUT2D eigenvalue weighted by Crippen LogP contribution is -2.44. The van der Waals surface area contributed by atoms with Crippen LogP contribution >= 0.6 is 0 Å². The summed E-state index contributed by atoms with van der Waals surface area (Å²) in [6.45, 7) is 1.11. The monoisotopic (exact) mass is 448 g/mol. The van der Waals surface area contributed by atoms with Crippen LogP contribution in [0.15, 0.2) is 66.7 Å². The Hall–Kier alpha value is -3.87. The highest BCUT2D eigenvalue weighted by molar-refractivity contribution is 5.92. The van der Waals surface area contributed by atoms with Crippen molar-refractivity contribution >= 4 is 17.3 Å². The van der Waals surface area contributed by atoms with Crippen LogP contribution in [0.3, 0.4) is 0 Å². The molecule has 4 rings (SSSR count). The van der Waals surface area contributed by atoms with Gasteiger partial charge in [0.25, 0.3) is 0 Å². The lowest BCUT2D eigenvalue weighted by molar-refractivity contribution is -0.116. The maximum atomic E-state index is 13.0. The zero-order chi connectivity index (χ0) is 23.2. The van der Waals surface area contributed by atoms with Gasteiger partial charge in [-0.2, -0.15) is 0 Å². The Morgan fingerprint density at radius 2 is 1.64 bits per heavy atom. The average molecular weight is 449 g/mol. The predicted molar refractivity (Wildman–Crippen MR) is 128 cm³/mol. The van der Waals surface area contributed by atoms with Gasteiger partial charge in [0, 0.05) is 24.4 Å². The molecule has 7 nitrogen and oxygen atoms in total. The average Bonchev–Trinajstić information content (AvgIpc) is 2.85. The van der Waals surface area contributed by atoms with E-state index < -0.39 is 0 Å². The molecule has 0 aliphatic carbocycles. The summed E-state index contributed by atoms with van der Waals surface area (Å²) in [6, 6.07) is 21.5. The minimum Gasteiger partial charge on any atom is -0.493 e. The lowest BCUT2D eigenvalue weighted by atomic mass is 10.1. The number of amides is 1. The van der Waals surface area contributed by atoms with E-state index in [1.165, 1.54) is 5.56 Å². The summed E-state index contributed by atoms with van der Waals surface area (Å²) in [6.07, 6.45) is 0.262. The van der Waals surface area contributed by atoms with Crippen molar-refractivity contribution in [3.8, 4) is 23.0 Å². The first-order chi connectivity index (χ1) is 16.1. The van der Waals surface area contributed by atoms with Gasteiger partial charge in [-0.3, -0.25) is 4.79 Å². The Kier molecular flexibility index (Phi) is 6.88. The number of carbonyl (C=O) groups is 1. The normalized spacial score (nSPS) is 14.6. The van der Waals surface area contributed by atoms with Crippen LogP contribution in [0.4, 0.5) is 11.4 Å². The van der Waals surface area contributed by atoms with Gasteiger partial charge >= 0.3 is 0 Å². The van der Waals surface area contributed by atoms with E-state index in [1.807, 2.05) is 42.5 Å². The number of carbonyl (C=O) groups excluding carboxylic acids is 1. The van der Waals surface area contributed by atoms with Crippen LogP contribution in [0.5, 0.6) is 23.0 Å². The third-order valence-corrected chi connectivity index (χ3v) is 5.61. The van der Waals surface area contributed by atoms with Gasteiger partial charge in [0.15, 0.2) is 11.5 Å². The van der Waals surface area contributed by atoms with Crippen molar-refractivity contribution in [2.75, 3.05) is 38.2 Å². The van der Waals surface area contributed by atoms with Gasteiger partial charge in [-0.1, -0.05) is 42.5 Å². The molecule has 0 bridgehead atoms. The first kappa shape index (κ1) is 22.3. The number of nitrogens with one attached hydrogen (secondary N) is 1. The highest BCUT2D eigenvalue weighted by atomic mass is 16.5. The molecule has 1 N–H and O–H groups in total. The fourth-order valence-electron chi connectivity index (χ4n) is 4.03. The summed E-state index contributed by atoms with van der Waals surface area (Å²) >= 11 is 0. The first-order valence-corrected chi connectivity index (χ1v) is 10.7. The maximum absolute atomic E-state index is 13.0. The van der Waals surface area contributed by atoms with Gasteiger partial charge in [-0.15, -0.1) is 0 Å². The minimum atomic E-state index is -0.129. The molecule has 1 amide bonds. The predicted octanol–water partition coefficient (Wildman–Crippen LogP) is 4.51. The quantitative estimate of drug-likeness (QED) is 0.547. The van der Waals surface area contributed by atoms with Crippen LogP contribution in [0.1, 0.15) is 12.0 Å². The van der Waals surface area contributed by atoms with Crippen molar-refractivity contribution in [2.45, 2.75) is 19.0 Å². The smallest absolute Gasteiger partial charge is 0.226 e. The standard InChI is InChI=1S/C26H28N2O5/c1-30-23-13-19(14-24(31-2)26(23)32-3)27-25(29)15-20-17-33-22-12-8-7-11-21(22)28(20)16-18-9-5-4-6-10-18/h4-14,20H,15-17H2,1-3H3,(H,27,29)/t20-/m0/s1. The van der Waals surface area contributed by atoms with Gasteiger partial charge in [0.2, 0.25) is 11.7 Å². The highest BCUT2D eigenvalue weighted by Gasteiger charge is 2.29. The molecule has 1 aliphatic rings. The third-order valence-electron chi connectivity index (χ3n) is 5.61. The summed E-state index contributed by atoms with van der Waals surface area (Å²) in [7, 11) is 4.63. The molecule has 1 atom stereocenters. The second-order valence-corrected chi connectivity index (χ2v) is 7.71. The van der Waals surface area contributed by atoms with Gasteiger partial charge < -0.3 is 29.2 Å². The molecule has 0 aromatic heterocycles. The van der Waals surface area contributed by atoms with Crippen molar-refractivity contribution < 1.29 is 23.7 Å². The molecule has 0 saturated carbocycles. The maximum Gasteiger partial charge on any atom is 0.226 e. The molecule has 0 unspecified atom stereocenters. The summed E-state index contributed by atoms with van der Waals surface area (Å²) < 4.78 is 22.1. The molecular formula is C26H28N2O5. The second-order valence-electron chi connectivity index (χ2n) is 7.71. The summed E-state index contributed by atoms with van der Waals surface area (Å²) in [5.41, 5.74) is 2.73. The van der Waals surface area contributed by atoms with E-state index in [0.29, 0.717) is 36.1 Å². The highest BCUT2D eigenvalue weighted by Crippen LogP contribution is 2.40. The number of benzene rings is 3. The number of hydrogen-bond donors (Lipinski definition) is 1. The van der Waals surface area contributed by atoms with E-state index in [4.69, 9.17) is 18.9 Å². The molecular weight excluding hydrogens is 420 g/mol. The zero-order valence-corrected chi connectivity index (χ0v) is 19.0. The van der Waals surface area contributed by atoms with Crippen LogP contribution in [0.2, 0.25) is 0 Å². The molecule has 0 saturated heterocycles. The fourth-order valence-corrected chi connectivity index (χ4v) is 4.03. The SMILES string of the molecule is COc1cc(NC(=O)C[C@H]2COc3ccccc3N2Cc2ccccc2)cc(OC)c1OC. The molecule has 7 heteroatoms. The fraction of sp³-hybridized carbons (Fsp3) is 0.269. The molecule has 1 heterocycles. The first-order valence-electron chi connectivity index (χ1n) is 10.7. The molecule has 3 aromatic rings. The molecule has 0 fully saturated rings. The zero-order valence-electron chi connectivity index (χ0n) is 19.0. The van der Waals surface area contributed by atoms with Crippen molar-refractivity contribution in [3.63, 3.8) is 0 Å². The van der Waals surface area contributed by atoms with E-state index in [9.17, 15) is 4.79 Å². The Balaban J connectivity index is 1.54. The van der Waals surface area contributed by atoms with Crippen molar-refractivity contribution in [2.24, 2.45) is 0 Å². The Morgan fingerprint density at radius 3 is 2.30 bits per heavy atom. The molecule has 0 spiro atoms. The van der Waals surface area contributed by atoms with E-state index >= 15 is 0 Å². The number of para-hydroxylation sites is 2. The number of fused-ring (bicyclic) bond motifs is 1. The van der Waals surface area contributed by atoms with Crippen LogP contribution in [0, 0.1) is 0 Å². The van der Waals surface area contributed by atoms with E-state index in [2.05, 4.69) is 22.3 Å². The molecule has 1 aliphatic heterocycles. The lowest BCUT2D eigenvalue weighted by Gasteiger charge is -2.38. The van der Waals surface area contributed by atoms with Crippen LogP contribution in [-0.4, -0.2) is 39.9 Å². The molecule has 33 heavy (non-hydrogen) atoms. The topological polar surface area (TPSA) is 69.3 Å². The number of methoxy groups -OCH3 is 3. The number of hydrogen-bond acceptors (Lipinski definition) is 6. The van der Waals surface area contributed by atoms with Gasteiger partial charge in [0.05, 0.1) is 39.5 Å². The molecule has 3 aromatic carbocycles. The van der Waals surface area contributed by atoms with Gasteiger partial charge in [-0.05, 0) is 17.7 Å². The third kappa shape index (κ3) is 4.98. The van der Waals surface area contributed by atoms with E-state index in [-0.39, 0.29) is 18.4 Å². The van der Waals surface area contributed by atoms with Crippen LogP contribution < -0.4 is 29.2 Å². The Bertz CT molecular complexity index is 1080. The summed E-state index contributed by atoms with van der Waals surface area (Å²) in [5, 5.41) is 2.96.